The summed E-state index contributed by atoms with van der Waals surface area (Å²) in [5, 5.41) is 10.1. The van der Waals surface area contributed by atoms with Gasteiger partial charge in [-0.05, 0) is 31.0 Å². The van der Waals surface area contributed by atoms with E-state index >= 15 is 0 Å². The summed E-state index contributed by atoms with van der Waals surface area (Å²) in [6.07, 6.45) is -0.714. The number of likely N-dealkylation sites (N-methyl/N-ethyl adjacent to an activating group) is 1. The van der Waals surface area contributed by atoms with E-state index in [9.17, 15) is 9.90 Å². The Bertz CT molecular complexity index is 670. The van der Waals surface area contributed by atoms with Gasteiger partial charge in [0, 0.05) is 19.2 Å². The van der Waals surface area contributed by atoms with Crippen LogP contribution in [0, 0.1) is 13.8 Å². The van der Waals surface area contributed by atoms with E-state index in [4.69, 9.17) is 4.74 Å². The Morgan fingerprint density at radius 3 is 2.54 bits per heavy atom. The Balaban J connectivity index is 1.82. The van der Waals surface area contributed by atoms with Crippen LogP contribution in [0.4, 0.5) is 0 Å². The summed E-state index contributed by atoms with van der Waals surface area (Å²) in [4.78, 5) is 14.0. The molecule has 2 aromatic rings. The predicted molar refractivity (Wildman–Crippen MR) is 95.0 cm³/mol. The van der Waals surface area contributed by atoms with Crippen LogP contribution in [0.1, 0.15) is 27.0 Å². The Kier molecular flexibility index (Phi) is 6.53. The van der Waals surface area contributed by atoms with Crippen LogP contribution in [0.3, 0.4) is 0 Å². The topological polar surface area (TPSA) is 49.8 Å². The number of carbonyl (C=O) groups excluding carboxylic acids is 1. The Morgan fingerprint density at radius 1 is 1.17 bits per heavy atom. The highest BCUT2D eigenvalue weighted by Gasteiger charge is 2.17. The molecule has 4 heteroatoms. The first-order valence-corrected chi connectivity index (χ1v) is 8.10. The van der Waals surface area contributed by atoms with Crippen LogP contribution in [0.15, 0.2) is 48.5 Å². The number of aliphatic hydroxyl groups excluding tert-OH is 1. The van der Waals surface area contributed by atoms with Crippen molar-refractivity contribution in [3.05, 3.63) is 70.8 Å². The maximum atomic E-state index is 12.5. The van der Waals surface area contributed by atoms with Crippen molar-refractivity contribution in [2.45, 2.75) is 26.6 Å². The molecule has 1 unspecified atom stereocenters. The van der Waals surface area contributed by atoms with Crippen molar-refractivity contribution in [2.75, 3.05) is 20.2 Å². The fraction of sp³-hybridized carbons (Fsp3) is 0.350. The van der Waals surface area contributed by atoms with Gasteiger partial charge >= 0.3 is 0 Å². The molecule has 0 radical (unpaired) electrons. The van der Waals surface area contributed by atoms with Gasteiger partial charge in [0.25, 0.3) is 5.91 Å². The van der Waals surface area contributed by atoms with E-state index in [1.807, 2.05) is 62.4 Å². The summed E-state index contributed by atoms with van der Waals surface area (Å²) in [6.45, 7) is 4.80. The number of nitrogens with zero attached hydrogens (tertiary/aromatic N) is 1. The number of amides is 1. The highest BCUT2D eigenvalue weighted by molar-refractivity contribution is 5.95. The van der Waals surface area contributed by atoms with Gasteiger partial charge < -0.3 is 14.7 Å². The lowest BCUT2D eigenvalue weighted by molar-refractivity contribution is 0.0137. The Hall–Kier alpha value is -2.17. The molecule has 2 aromatic carbocycles. The fourth-order valence-electron chi connectivity index (χ4n) is 2.60. The molecule has 0 aliphatic rings. The molecule has 0 aliphatic heterocycles. The standard InChI is InChI=1S/C20H25NO3/c1-15-9-10-19(16(2)11-15)20(23)21(3)12-18(22)14-24-13-17-7-5-4-6-8-17/h4-11,18,22H,12-14H2,1-3H3. The van der Waals surface area contributed by atoms with Gasteiger partial charge in [-0.1, -0.05) is 48.0 Å². The summed E-state index contributed by atoms with van der Waals surface area (Å²) < 4.78 is 5.52. The summed E-state index contributed by atoms with van der Waals surface area (Å²) in [7, 11) is 1.70. The van der Waals surface area contributed by atoms with Gasteiger partial charge in [0.15, 0.2) is 0 Å². The molecule has 0 fully saturated rings. The quantitative estimate of drug-likeness (QED) is 0.850. The second-order valence-corrected chi connectivity index (χ2v) is 6.16. The third-order valence-electron chi connectivity index (χ3n) is 3.87. The van der Waals surface area contributed by atoms with Crippen LogP contribution in [-0.4, -0.2) is 42.2 Å². The Morgan fingerprint density at radius 2 is 1.88 bits per heavy atom. The number of rotatable bonds is 7. The van der Waals surface area contributed by atoms with E-state index in [0.29, 0.717) is 12.2 Å². The predicted octanol–water partition coefficient (Wildman–Crippen LogP) is 2.95. The maximum absolute atomic E-state index is 12.5. The van der Waals surface area contributed by atoms with Gasteiger partial charge in [0.05, 0.1) is 19.3 Å². The van der Waals surface area contributed by atoms with Gasteiger partial charge in [0.2, 0.25) is 0 Å². The molecule has 0 saturated carbocycles. The van der Waals surface area contributed by atoms with Crippen LogP contribution >= 0.6 is 0 Å². The van der Waals surface area contributed by atoms with Crippen molar-refractivity contribution < 1.29 is 14.6 Å². The normalized spacial score (nSPS) is 12.0. The van der Waals surface area contributed by atoms with Gasteiger partial charge in [-0.15, -0.1) is 0 Å². The molecular formula is C20H25NO3. The van der Waals surface area contributed by atoms with E-state index in [0.717, 1.165) is 16.7 Å². The molecule has 24 heavy (non-hydrogen) atoms. The summed E-state index contributed by atoms with van der Waals surface area (Å²) >= 11 is 0. The second-order valence-electron chi connectivity index (χ2n) is 6.16. The average Bonchev–Trinajstić information content (AvgIpc) is 2.55. The molecule has 2 rings (SSSR count). The summed E-state index contributed by atoms with van der Waals surface area (Å²) in [5.74, 6) is -0.0883. The number of hydrogen-bond donors (Lipinski definition) is 1. The van der Waals surface area contributed by atoms with E-state index in [1.54, 1.807) is 7.05 Å². The number of aryl methyl sites for hydroxylation is 2. The Labute approximate surface area is 143 Å². The third kappa shape index (κ3) is 5.18. The first kappa shape index (κ1) is 18.2. The zero-order chi connectivity index (χ0) is 17.5. The first-order chi connectivity index (χ1) is 11.5. The molecule has 1 atom stereocenters. The van der Waals surface area contributed by atoms with Crippen molar-refractivity contribution in [1.29, 1.82) is 0 Å². The largest absolute Gasteiger partial charge is 0.389 e. The molecule has 128 valence electrons. The lowest BCUT2D eigenvalue weighted by Gasteiger charge is -2.22. The molecule has 4 nitrogen and oxygen atoms in total. The maximum Gasteiger partial charge on any atom is 0.253 e. The number of ether oxygens (including phenoxy) is 1. The van der Waals surface area contributed by atoms with E-state index in [2.05, 4.69) is 0 Å². The lowest BCUT2D eigenvalue weighted by atomic mass is 10.0. The summed E-state index contributed by atoms with van der Waals surface area (Å²) in [5.41, 5.74) is 3.80. The van der Waals surface area contributed by atoms with Crippen LogP contribution < -0.4 is 0 Å². The van der Waals surface area contributed by atoms with Gasteiger partial charge in [0.1, 0.15) is 0 Å². The second kappa shape index (κ2) is 8.62. The van der Waals surface area contributed by atoms with E-state index in [-0.39, 0.29) is 19.1 Å². The molecule has 1 amide bonds. The summed E-state index contributed by atoms with van der Waals surface area (Å²) in [6, 6.07) is 15.5. The fourth-order valence-corrected chi connectivity index (χ4v) is 2.60. The minimum atomic E-state index is -0.714. The SMILES string of the molecule is Cc1ccc(C(=O)N(C)CC(O)COCc2ccccc2)c(C)c1. The lowest BCUT2D eigenvalue weighted by Crippen LogP contribution is -2.36. The van der Waals surface area contributed by atoms with E-state index < -0.39 is 6.10 Å². The zero-order valence-electron chi connectivity index (χ0n) is 14.5. The minimum Gasteiger partial charge on any atom is -0.389 e. The van der Waals surface area contributed by atoms with Crippen LogP contribution in [-0.2, 0) is 11.3 Å². The molecular weight excluding hydrogens is 302 g/mol. The average molecular weight is 327 g/mol. The van der Waals surface area contributed by atoms with Crippen LogP contribution in [0.2, 0.25) is 0 Å². The van der Waals surface area contributed by atoms with Crippen molar-refractivity contribution in [2.24, 2.45) is 0 Å². The number of carbonyl (C=O) groups is 1. The third-order valence-corrected chi connectivity index (χ3v) is 3.87. The number of aliphatic hydroxyl groups is 1. The zero-order valence-corrected chi connectivity index (χ0v) is 14.5. The van der Waals surface area contributed by atoms with Gasteiger partial charge in [-0.25, -0.2) is 0 Å². The van der Waals surface area contributed by atoms with Crippen molar-refractivity contribution >= 4 is 5.91 Å². The van der Waals surface area contributed by atoms with E-state index in [1.165, 1.54) is 4.90 Å². The van der Waals surface area contributed by atoms with Crippen molar-refractivity contribution in [3.63, 3.8) is 0 Å². The number of hydrogen-bond acceptors (Lipinski definition) is 3. The minimum absolute atomic E-state index is 0.0883. The van der Waals surface area contributed by atoms with Gasteiger partial charge in [-0.2, -0.15) is 0 Å². The molecule has 0 bridgehead atoms. The molecule has 0 aromatic heterocycles. The monoisotopic (exact) mass is 327 g/mol. The molecule has 0 spiro atoms. The van der Waals surface area contributed by atoms with Crippen molar-refractivity contribution in [1.82, 2.24) is 4.90 Å². The molecule has 0 heterocycles. The van der Waals surface area contributed by atoms with Crippen LogP contribution in [0.25, 0.3) is 0 Å². The first-order valence-electron chi connectivity index (χ1n) is 8.10. The van der Waals surface area contributed by atoms with Crippen LogP contribution in [0.5, 0.6) is 0 Å². The molecule has 0 saturated heterocycles. The molecule has 1 N–H and O–H groups in total. The smallest absolute Gasteiger partial charge is 0.253 e. The van der Waals surface area contributed by atoms with Crippen molar-refractivity contribution in [3.8, 4) is 0 Å². The molecule has 0 aliphatic carbocycles. The van der Waals surface area contributed by atoms with Gasteiger partial charge in [-0.3, -0.25) is 4.79 Å². The highest BCUT2D eigenvalue weighted by Crippen LogP contribution is 2.13. The number of benzene rings is 2. The highest BCUT2D eigenvalue weighted by atomic mass is 16.5.